The van der Waals surface area contributed by atoms with Crippen molar-refractivity contribution < 1.29 is 0 Å². The van der Waals surface area contributed by atoms with Crippen LogP contribution < -0.4 is 10.6 Å². The predicted molar refractivity (Wildman–Crippen MR) is 100 cm³/mol. The largest absolute Gasteiger partial charge is 0.398 e. The van der Waals surface area contributed by atoms with Crippen molar-refractivity contribution in [2.24, 2.45) is 0 Å². The highest BCUT2D eigenvalue weighted by atomic mass is 15.3. The first kappa shape index (κ1) is 14.0. The monoisotopic (exact) mass is 327 g/mol. The molecule has 2 N–H and O–H groups in total. The lowest BCUT2D eigenvalue weighted by atomic mass is 10.1. The van der Waals surface area contributed by atoms with Gasteiger partial charge >= 0.3 is 0 Å². The molecule has 0 aliphatic carbocycles. The van der Waals surface area contributed by atoms with E-state index in [1.165, 1.54) is 0 Å². The van der Waals surface area contributed by atoms with Gasteiger partial charge in [0.25, 0.3) is 0 Å². The molecule has 3 heterocycles. The number of para-hydroxylation sites is 2. The van der Waals surface area contributed by atoms with E-state index in [0.29, 0.717) is 0 Å². The number of pyridine rings is 1. The number of nitrogens with two attached hydrogens (primary N) is 1. The van der Waals surface area contributed by atoms with Crippen LogP contribution in [0.1, 0.15) is 5.56 Å². The van der Waals surface area contributed by atoms with Gasteiger partial charge in [-0.3, -0.25) is 0 Å². The molecule has 0 saturated heterocycles. The van der Waals surface area contributed by atoms with Crippen LogP contribution in [0.25, 0.3) is 16.7 Å². The molecule has 0 unspecified atom stereocenters. The van der Waals surface area contributed by atoms with E-state index in [0.717, 1.165) is 52.4 Å². The Kier molecular flexibility index (Phi) is 3.00. The number of hydrogen-bond donors (Lipinski definition) is 1. The van der Waals surface area contributed by atoms with E-state index < -0.39 is 0 Å². The average molecular weight is 327 g/mol. The smallest absolute Gasteiger partial charge is 0.167 e. The Morgan fingerprint density at radius 3 is 2.28 bits per heavy atom. The summed E-state index contributed by atoms with van der Waals surface area (Å²) in [6.07, 6.45) is 2.71. The van der Waals surface area contributed by atoms with Gasteiger partial charge in [-0.25, -0.2) is 9.67 Å². The second-order valence-corrected chi connectivity index (χ2v) is 6.19. The van der Waals surface area contributed by atoms with E-state index >= 15 is 0 Å². The van der Waals surface area contributed by atoms with E-state index in [1.807, 2.05) is 59.4 Å². The van der Waals surface area contributed by atoms with E-state index in [-0.39, 0.29) is 0 Å². The zero-order valence-electron chi connectivity index (χ0n) is 13.6. The Morgan fingerprint density at radius 1 is 0.880 bits per heavy atom. The zero-order chi connectivity index (χ0) is 16.8. The lowest BCUT2D eigenvalue weighted by Gasteiger charge is -2.19. The number of anilines is 3. The maximum Gasteiger partial charge on any atom is 0.167 e. The molecule has 25 heavy (non-hydrogen) atoms. The summed E-state index contributed by atoms with van der Waals surface area (Å²) in [5.41, 5.74) is 11.3. The van der Waals surface area contributed by atoms with Crippen LogP contribution in [0.3, 0.4) is 0 Å². The normalized spacial score (nSPS) is 13.4. The molecule has 5 heteroatoms. The van der Waals surface area contributed by atoms with Gasteiger partial charge in [-0.15, -0.1) is 0 Å². The van der Waals surface area contributed by atoms with Crippen molar-refractivity contribution in [2.75, 3.05) is 17.2 Å². The fourth-order valence-corrected chi connectivity index (χ4v) is 3.51. The van der Waals surface area contributed by atoms with Crippen LogP contribution in [0, 0.1) is 0 Å². The highest BCUT2D eigenvalue weighted by molar-refractivity contribution is 5.94. The van der Waals surface area contributed by atoms with Crippen LogP contribution in [0.5, 0.6) is 0 Å². The number of rotatable bonds is 2. The molecule has 0 fully saturated rings. The summed E-state index contributed by atoms with van der Waals surface area (Å²) in [4.78, 5) is 7.19. The van der Waals surface area contributed by atoms with Crippen molar-refractivity contribution in [1.82, 2.24) is 14.8 Å². The minimum absolute atomic E-state index is 0.792. The number of benzene rings is 2. The lowest BCUT2D eigenvalue weighted by Crippen LogP contribution is -2.14. The summed E-state index contributed by atoms with van der Waals surface area (Å²) in [5.74, 6) is 0.939. The summed E-state index contributed by atoms with van der Waals surface area (Å²) in [6.45, 7) is 0.891. The predicted octanol–water partition coefficient (Wildman–Crippen LogP) is 3.70. The van der Waals surface area contributed by atoms with Crippen molar-refractivity contribution in [3.63, 3.8) is 0 Å². The van der Waals surface area contributed by atoms with Gasteiger partial charge in [0.1, 0.15) is 5.82 Å². The first-order valence-electron chi connectivity index (χ1n) is 8.37. The van der Waals surface area contributed by atoms with Gasteiger partial charge in [-0.05, 0) is 30.7 Å². The quantitative estimate of drug-likeness (QED) is 0.610. The van der Waals surface area contributed by atoms with Crippen molar-refractivity contribution in [2.45, 2.75) is 6.42 Å². The molecule has 2 aromatic carbocycles. The maximum atomic E-state index is 6.48. The molecule has 4 aromatic rings. The molecule has 0 spiro atoms. The summed E-state index contributed by atoms with van der Waals surface area (Å²) in [7, 11) is 0. The fraction of sp³-hybridized carbons (Fsp3) is 0.100. The molecule has 5 rings (SSSR count). The molecule has 0 saturated carbocycles. The summed E-state index contributed by atoms with van der Waals surface area (Å²) < 4.78 is 1.85. The minimum Gasteiger partial charge on any atom is -0.398 e. The fourth-order valence-electron chi connectivity index (χ4n) is 3.51. The van der Waals surface area contributed by atoms with E-state index in [2.05, 4.69) is 22.1 Å². The molecular weight excluding hydrogens is 310 g/mol. The number of hydrogen-bond acceptors (Lipinski definition) is 4. The second kappa shape index (κ2) is 5.34. The summed E-state index contributed by atoms with van der Waals surface area (Å²) in [6, 6.07) is 20.3. The molecule has 0 radical (unpaired) electrons. The van der Waals surface area contributed by atoms with Crippen LogP contribution in [-0.4, -0.2) is 21.3 Å². The van der Waals surface area contributed by atoms with Crippen LogP contribution in [-0.2, 0) is 6.42 Å². The van der Waals surface area contributed by atoms with Crippen molar-refractivity contribution >= 4 is 28.2 Å². The van der Waals surface area contributed by atoms with Gasteiger partial charge in [-0.1, -0.05) is 36.4 Å². The Labute approximate surface area is 145 Å². The third-order valence-corrected chi connectivity index (χ3v) is 4.75. The van der Waals surface area contributed by atoms with Crippen LogP contribution in [0.4, 0.5) is 17.2 Å². The number of nitrogen functional groups attached to an aromatic ring is 1. The molecule has 1 aliphatic heterocycles. The minimum atomic E-state index is 0.792. The lowest BCUT2D eigenvalue weighted by molar-refractivity contribution is 0.895. The standard InChI is InChI=1S/C20H17N5/c21-18-16-11-12-24(14-7-3-1-4-8-14)19(16)23-20-17(18)13-22-25(20)15-9-5-2-6-10-15/h1-10,13H,11-12H2,(H2,21,23). The second-order valence-electron chi connectivity index (χ2n) is 6.19. The highest BCUT2D eigenvalue weighted by Crippen LogP contribution is 2.39. The van der Waals surface area contributed by atoms with E-state index in [1.54, 1.807) is 0 Å². The van der Waals surface area contributed by atoms with Crippen LogP contribution in [0.2, 0.25) is 0 Å². The maximum absolute atomic E-state index is 6.48. The molecule has 2 aromatic heterocycles. The Bertz CT molecular complexity index is 1050. The molecular formula is C20H17N5. The first-order valence-corrected chi connectivity index (χ1v) is 8.37. The number of aromatic nitrogens is 3. The Morgan fingerprint density at radius 2 is 1.56 bits per heavy atom. The Balaban J connectivity index is 1.73. The van der Waals surface area contributed by atoms with Crippen LogP contribution in [0.15, 0.2) is 66.9 Å². The Hall–Kier alpha value is -3.34. The van der Waals surface area contributed by atoms with E-state index in [9.17, 15) is 0 Å². The molecule has 5 nitrogen and oxygen atoms in total. The van der Waals surface area contributed by atoms with Gasteiger partial charge in [0.05, 0.1) is 23.0 Å². The van der Waals surface area contributed by atoms with Gasteiger partial charge in [-0.2, -0.15) is 5.10 Å². The molecule has 1 aliphatic rings. The third-order valence-electron chi connectivity index (χ3n) is 4.75. The average Bonchev–Trinajstić information content (AvgIpc) is 3.28. The summed E-state index contributed by atoms with van der Waals surface area (Å²) in [5, 5.41) is 5.43. The molecule has 0 amide bonds. The van der Waals surface area contributed by atoms with Gasteiger partial charge in [0.15, 0.2) is 5.65 Å². The van der Waals surface area contributed by atoms with Gasteiger partial charge < -0.3 is 10.6 Å². The highest BCUT2D eigenvalue weighted by Gasteiger charge is 2.27. The molecule has 0 atom stereocenters. The molecule has 0 bridgehead atoms. The number of nitrogens with zero attached hydrogens (tertiary/aromatic N) is 4. The zero-order valence-corrected chi connectivity index (χ0v) is 13.6. The topological polar surface area (TPSA) is 60.0 Å². The van der Waals surface area contributed by atoms with Crippen LogP contribution >= 0.6 is 0 Å². The van der Waals surface area contributed by atoms with Crippen molar-refractivity contribution in [3.8, 4) is 5.69 Å². The van der Waals surface area contributed by atoms with Crippen molar-refractivity contribution in [3.05, 3.63) is 72.4 Å². The van der Waals surface area contributed by atoms with Gasteiger partial charge in [0.2, 0.25) is 0 Å². The van der Waals surface area contributed by atoms with Gasteiger partial charge in [0, 0.05) is 17.8 Å². The first-order chi connectivity index (χ1) is 12.3. The summed E-state index contributed by atoms with van der Waals surface area (Å²) >= 11 is 0. The van der Waals surface area contributed by atoms with E-state index in [4.69, 9.17) is 10.7 Å². The van der Waals surface area contributed by atoms with Crippen molar-refractivity contribution in [1.29, 1.82) is 0 Å². The third kappa shape index (κ3) is 2.09. The molecule has 122 valence electrons. The SMILES string of the molecule is Nc1c2c(nc3c1cnn3-c1ccccc1)N(c1ccccc1)CC2. The number of fused-ring (bicyclic) bond motifs is 2.